The van der Waals surface area contributed by atoms with Crippen molar-refractivity contribution in [3.05, 3.63) is 59.2 Å². The number of fused-ring (bicyclic) bond motifs is 1. The van der Waals surface area contributed by atoms with Gasteiger partial charge in [-0.1, -0.05) is 18.2 Å². The summed E-state index contributed by atoms with van der Waals surface area (Å²) in [7, 11) is -2.44. The number of methoxy groups -OCH3 is 1. The molecule has 0 aliphatic carbocycles. The first-order valence-electron chi connectivity index (χ1n) is 12.3. The maximum absolute atomic E-state index is 13.4. The van der Waals surface area contributed by atoms with E-state index in [1.54, 1.807) is 0 Å². The highest BCUT2D eigenvalue weighted by molar-refractivity contribution is 7.90. The van der Waals surface area contributed by atoms with Crippen LogP contribution in [0.5, 0.6) is 0 Å². The number of sulfone groups is 1. The summed E-state index contributed by atoms with van der Waals surface area (Å²) in [6.07, 6.45) is -11.2. The van der Waals surface area contributed by atoms with Crippen LogP contribution < -0.4 is 5.32 Å². The van der Waals surface area contributed by atoms with Crippen molar-refractivity contribution >= 4 is 33.3 Å². The third kappa shape index (κ3) is 6.69. The van der Waals surface area contributed by atoms with Crippen LogP contribution in [-0.2, 0) is 41.0 Å². The Morgan fingerprint density at radius 3 is 2.12 bits per heavy atom. The van der Waals surface area contributed by atoms with Gasteiger partial charge in [0.2, 0.25) is 5.91 Å². The molecule has 0 fully saturated rings. The van der Waals surface area contributed by atoms with Gasteiger partial charge in [-0.05, 0) is 48.2 Å². The molecule has 0 aromatic heterocycles. The first-order chi connectivity index (χ1) is 19.3. The summed E-state index contributed by atoms with van der Waals surface area (Å²) in [4.78, 5) is 39.1. The van der Waals surface area contributed by atoms with Crippen molar-refractivity contribution in [3.63, 3.8) is 0 Å². The van der Waals surface area contributed by atoms with Crippen LogP contribution >= 0.6 is 0 Å². The van der Waals surface area contributed by atoms with Crippen molar-refractivity contribution in [2.75, 3.05) is 25.2 Å². The molecule has 42 heavy (non-hydrogen) atoms. The molecule has 1 heterocycles. The number of anilines is 1. The average molecular weight is 625 g/mol. The molecular weight excluding hydrogens is 598 g/mol. The number of ether oxygens (including phenoxy) is 1. The molecule has 16 heteroatoms. The van der Waals surface area contributed by atoms with Gasteiger partial charge in [0.05, 0.1) is 12.0 Å². The van der Waals surface area contributed by atoms with Crippen LogP contribution in [0.3, 0.4) is 0 Å². The molecule has 2 N–H and O–H groups in total. The number of nitrogens with one attached hydrogen (secondary N) is 1. The van der Waals surface area contributed by atoms with E-state index < -0.39 is 57.2 Å². The third-order valence-electron chi connectivity index (χ3n) is 6.73. The summed E-state index contributed by atoms with van der Waals surface area (Å²) in [5.74, 6) is -1.98. The zero-order valence-corrected chi connectivity index (χ0v) is 23.0. The lowest BCUT2D eigenvalue weighted by Gasteiger charge is -2.36. The van der Waals surface area contributed by atoms with Crippen molar-refractivity contribution in [1.29, 1.82) is 0 Å². The van der Waals surface area contributed by atoms with Crippen molar-refractivity contribution in [2.45, 2.75) is 54.6 Å². The molecule has 3 rings (SSSR count). The van der Waals surface area contributed by atoms with E-state index in [1.165, 1.54) is 30.2 Å². The lowest BCUT2D eigenvalue weighted by Crippen LogP contribution is -2.53. The number of nitrogens with zero attached hydrogens (tertiary/aromatic N) is 1. The third-order valence-corrected chi connectivity index (χ3v) is 7.84. The second kappa shape index (κ2) is 11.9. The van der Waals surface area contributed by atoms with E-state index in [-0.39, 0.29) is 48.4 Å². The van der Waals surface area contributed by atoms with Gasteiger partial charge in [-0.2, -0.15) is 26.3 Å². The molecule has 230 valence electrons. The van der Waals surface area contributed by atoms with E-state index in [0.717, 1.165) is 18.4 Å². The Bertz CT molecular complexity index is 1440. The number of alkyl halides is 6. The number of rotatable bonds is 8. The zero-order chi connectivity index (χ0) is 31.7. The molecule has 2 aromatic rings. The Kier molecular flexibility index (Phi) is 9.32. The number of aliphatic hydroxyl groups is 1. The number of amides is 2. The number of benzene rings is 2. The van der Waals surface area contributed by atoms with Gasteiger partial charge in [0.1, 0.15) is 6.04 Å². The molecule has 1 atom stereocenters. The zero-order valence-electron chi connectivity index (χ0n) is 22.2. The van der Waals surface area contributed by atoms with Crippen LogP contribution in [0.2, 0.25) is 0 Å². The molecule has 0 radical (unpaired) electrons. The van der Waals surface area contributed by atoms with Crippen molar-refractivity contribution in [2.24, 2.45) is 0 Å². The Morgan fingerprint density at radius 1 is 1.00 bits per heavy atom. The Labute approximate surface area is 236 Å². The Morgan fingerprint density at radius 2 is 1.60 bits per heavy atom. The van der Waals surface area contributed by atoms with Crippen LogP contribution in [0.25, 0.3) is 0 Å². The number of hydrogen-bond donors (Lipinski definition) is 2. The van der Waals surface area contributed by atoms with Gasteiger partial charge in [0, 0.05) is 36.9 Å². The van der Waals surface area contributed by atoms with Gasteiger partial charge >= 0.3 is 18.3 Å². The van der Waals surface area contributed by atoms with E-state index in [0.29, 0.717) is 17.7 Å². The summed E-state index contributed by atoms with van der Waals surface area (Å²) >= 11 is 0. The van der Waals surface area contributed by atoms with Crippen molar-refractivity contribution in [1.82, 2.24) is 4.90 Å². The largest absolute Gasteiger partial charge is 0.469 e. The fraction of sp³-hybridized carbons (Fsp3) is 0.423. The molecule has 0 saturated carbocycles. The van der Waals surface area contributed by atoms with Crippen LogP contribution in [0.15, 0.2) is 47.4 Å². The number of hydrogen-bond acceptors (Lipinski definition) is 7. The van der Waals surface area contributed by atoms with Crippen LogP contribution in [-0.4, -0.2) is 68.5 Å². The van der Waals surface area contributed by atoms with Crippen LogP contribution in [0.4, 0.5) is 32.0 Å². The van der Waals surface area contributed by atoms with Gasteiger partial charge in [0.15, 0.2) is 9.84 Å². The second-order valence-corrected chi connectivity index (χ2v) is 11.6. The molecule has 1 aliphatic heterocycles. The van der Waals surface area contributed by atoms with E-state index >= 15 is 0 Å². The predicted octanol–water partition coefficient (Wildman–Crippen LogP) is 3.81. The highest BCUT2D eigenvalue weighted by Crippen LogP contribution is 2.50. The van der Waals surface area contributed by atoms with Gasteiger partial charge in [0.25, 0.3) is 11.5 Å². The van der Waals surface area contributed by atoms with Gasteiger partial charge in [-0.15, -0.1) is 0 Å². The van der Waals surface area contributed by atoms with E-state index in [9.17, 15) is 54.3 Å². The minimum absolute atomic E-state index is 0.0293. The number of halogens is 6. The Hall–Kier alpha value is -3.66. The standard InChI is InChI=1S/C26H26F6N2O7S/c1-41-21(36)5-3-4-20(35)34-13-12-15-14-18(42(2,39)40)10-11-19(15)22(34)23(37)33-17-8-6-16(7-9-17)24(38,25(27,28)29)26(30,31)32/h6-11,14,22,38H,3-5,12-13H2,1-2H3,(H,33,37). The fourth-order valence-corrected chi connectivity index (χ4v) is 5.18. The maximum Gasteiger partial charge on any atom is 0.430 e. The van der Waals surface area contributed by atoms with Gasteiger partial charge in [-0.25, -0.2) is 8.42 Å². The molecule has 1 unspecified atom stereocenters. The lowest BCUT2D eigenvalue weighted by molar-refractivity contribution is -0.376. The highest BCUT2D eigenvalue weighted by Gasteiger charge is 2.71. The molecule has 1 aliphatic rings. The normalized spacial score (nSPS) is 16.0. The minimum atomic E-state index is -6.10. The van der Waals surface area contributed by atoms with E-state index in [2.05, 4.69) is 10.1 Å². The number of carbonyl (C=O) groups is 3. The van der Waals surface area contributed by atoms with Gasteiger partial charge in [-0.3, -0.25) is 14.4 Å². The molecule has 2 aromatic carbocycles. The molecule has 0 bridgehead atoms. The molecule has 0 saturated heterocycles. The Balaban J connectivity index is 1.94. The number of esters is 1. The summed E-state index contributed by atoms with van der Waals surface area (Å²) < 4.78 is 108. The van der Waals surface area contributed by atoms with Crippen LogP contribution in [0.1, 0.15) is 42.0 Å². The molecule has 2 amide bonds. The molecule has 0 spiro atoms. The van der Waals surface area contributed by atoms with Gasteiger partial charge < -0.3 is 20.1 Å². The quantitative estimate of drug-likeness (QED) is 0.338. The first-order valence-corrected chi connectivity index (χ1v) is 14.2. The number of carbonyl (C=O) groups excluding carboxylic acids is 3. The van der Waals surface area contributed by atoms with E-state index in [1.807, 2.05) is 0 Å². The smallest absolute Gasteiger partial charge is 0.430 e. The van der Waals surface area contributed by atoms with E-state index in [4.69, 9.17) is 0 Å². The molecular formula is C26H26F6N2O7S. The summed E-state index contributed by atoms with van der Waals surface area (Å²) in [6, 6.07) is 4.77. The monoisotopic (exact) mass is 624 g/mol. The second-order valence-electron chi connectivity index (χ2n) is 9.57. The maximum atomic E-state index is 13.4. The summed E-state index contributed by atoms with van der Waals surface area (Å²) in [5.41, 5.74) is -6.23. The average Bonchev–Trinajstić information content (AvgIpc) is 2.89. The fourth-order valence-electron chi connectivity index (χ4n) is 4.51. The summed E-state index contributed by atoms with van der Waals surface area (Å²) in [5, 5.41) is 11.9. The lowest BCUT2D eigenvalue weighted by atomic mass is 9.91. The predicted molar refractivity (Wildman–Crippen MR) is 135 cm³/mol. The SMILES string of the molecule is COC(=O)CCCC(=O)N1CCc2cc(S(C)(=O)=O)ccc2C1C(=O)Nc1ccc(C(O)(C(F)(F)F)C(F)(F)F)cc1. The topological polar surface area (TPSA) is 130 Å². The highest BCUT2D eigenvalue weighted by atomic mass is 32.2. The first kappa shape index (κ1) is 32.8. The van der Waals surface area contributed by atoms with Crippen LogP contribution in [0, 0.1) is 0 Å². The minimum Gasteiger partial charge on any atom is -0.469 e. The summed E-state index contributed by atoms with van der Waals surface area (Å²) in [6.45, 7) is -0.0293. The molecule has 9 nitrogen and oxygen atoms in total. The van der Waals surface area contributed by atoms with Crippen molar-refractivity contribution < 1.29 is 59.0 Å². The van der Waals surface area contributed by atoms with Crippen molar-refractivity contribution in [3.8, 4) is 0 Å².